The first-order valence-corrected chi connectivity index (χ1v) is 10.9. The number of ether oxygens (including phenoxy) is 4. The fraction of sp³-hybridized carbons (Fsp3) is 0.455. The number of hydrogen-bond acceptors (Lipinski definition) is 4. The first kappa shape index (κ1) is 21.7. The molecule has 0 spiro atoms. The van der Waals surface area contributed by atoms with Crippen LogP contribution in [0.2, 0.25) is 0 Å². The molecule has 2 aromatic rings. The Morgan fingerprint density at radius 1 is 0.778 bits per heavy atom. The van der Waals surface area contributed by atoms with Gasteiger partial charge in [0.15, 0.2) is 13.6 Å². The zero-order valence-corrected chi connectivity index (χ0v) is 18.0. The molecule has 2 aromatic carbocycles. The highest BCUT2D eigenvalue weighted by atomic mass is 31.1. The van der Waals surface area contributed by atoms with E-state index in [4.69, 9.17) is 18.9 Å². The minimum absolute atomic E-state index is 0.246. The summed E-state index contributed by atoms with van der Waals surface area (Å²) in [7, 11) is 2.67. The molecule has 0 amide bonds. The second-order valence-corrected chi connectivity index (χ2v) is 8.72. The SMILES string of the molecule is CCCCP(c1cccc(C)c1OCOC)c1cccc(C)c1OCOC. The molecule has 4 nitrogen and oxygen atoms in total. The Labute approximate surface area is 164 Å². The molecule has 0 aliphatic carbocycles. The number of methoxy groups -OCH3 is 2. The van der Waals surface area contributed by atoms with E-state index < -0.39 is 7.92 Å². The maximum Gasteiger partial charge on any atom is 0.188 e. The molecule has 2 rings (SSSR count). The Balaban J connectivity index is 2.54. The van der Waals surface area contributed by atoms with Crippen LogP contribution in [0.5, 0.6) is 11.5 Å². The summed E-state index contributed by atoms with van der Waals surface area (Å²) in [4.78, 5) is 0. The lowest BCUT2D eigenvalue weighted by Gasteiger charge is -2.25. The molecule has 148 valence electrons. The highest BCUT2D eigenvalue weighted by Gasteiger charge is 2.23. The molecule has 0 aromatic heterocycles. The van der Waals surface area contributed by atoms with Crippen LogP contribution < -0.4 is 20.1 Å². The van der Waals surface area contributed by atoms with Gasteiger partial charge in [-0.25, -0.2) is 0 Å². The summed E-state index contributed by atoms with van der Waals surface area (Å²) in [5.74, 6) is 1.86. The summed E-state index contributed by atoms with van der Waals surface area (Å²) < 4.78 is 22.3. The lowest BCUT2D eigenvalue weighted by atomic mass is 10.2. The molecule has 0 aliphatic rings. The minimum atomic E-state index is -0.625. The molecular formula is C22H31O4P. The van der Waals surface area contributed by atoms with E-state index >= 15 is 0 Å². The standard InChI is InChI=1S/C22H31O4P/c1-6-7-14-27(19-12-8-10-17(2)21(19)25-15-23-4)20-13-9-11-18(3)22(20)26-16-24-5/h8-13H,6-7,14-16H2,1-5H3. The summed E-state index contributed by atoms with van der Waals surface area (Å²) in [6.45, 7) is 6.89. The molecule has 0 heterocycles. The van der Waals surface area contributed by atoms with Crippen LogP contribution in [-0.2, 0) is 9.47 Å². The number of para-hydroxylation sites is 2. The normalized spacial score (nSPS) is 11.0. The zero-order valence-electron chi connectivity index (χ0n) is 17.1. The van der Waals surface area contributed by atoms with E-state index in [-0.39, 0.29) is 13.6 Å². The second-order valence-electron chi connectivity index (χ2n) is 6.45. The maximum absolute atomic E-state index is 5.98. The van der Waals surface area contributed by atoms with E-state index in [0.29, 0.717) is 0 Å². The number of aryl methyl sites for hydroxylation is 2. The van der Waals surface area contributed by atoms with E-state index in [0.717, 1.165) is 41.6 Å². The molecule has 0 N–H and O–H groups in total. The first-order chi connectivity index (χ1) is 13.1. The molecule has 0 saturated carbocycles. The average molecular weight is 390 g/mol. The molecule has 0 bridgehead atoms. The largest absolute Gasteiger partial charge is 0.467 e. The van der Waals surface area contributed by atoms with Crippen LogP contribution in [-0.4, -0.2) is 34.0 Å². The number of benzene rings is 2. The van der Waals surface area contributed by atoms with Crippen LogP contribution in [0, 0.1) is 13.8 Å². The van der Waals surface area contributed by atoms with Crippen molar-refractivity contribution >= 4 is 18.5 Å². The van der Waals surface area contributed by atoms with E-state index in [1.165, 1.54) is 10.6 Å². The third-order valence-electron chi connectivity index (χ3n) is 4.34. The predicted octanol–water partition coefficient (Wildman–Crippen LogP) is 4.50. The Morgan fingerprint density at radius 3 is 1.67 bits per heavy atom. The van der Waals surface area contributed by atoms with Crippen LogP contribution in [0.1, 0.15) is 30.9 Å². The summed E-state index contributed by atoms with van der Waals surface area (Å²) in [5, 5.41) is 2.48. The number of hydrogen-bond donors (Lipinski definition) is 0. The maximum atomic E-state index is 5.98. The number of unbranched alkanes of at least 4 members (excludes halogenated alkanes) is 1. The molecule has 27 heavy (non-hydrogen) atoms. The lowest BCUT2D eigenvalue weighted by Crippen LogP contribution is -2.21. The Kier molecular flexibility index (Phi) is 9.06. The van der Waals surface area contributed by atoms with Gasteiger partial charge in [-0.1, -0.05) is 49.7 Å². The van der Waals surface area contributed by atoms with Crippen molar-refractivity contribution in [2.75, 3.05) is 34.0 Å². The molecule has 0 atom stereocenters. The van der Waals surface area contributed by atoms with Crippen molar-refractivity contribution < 1.29 is 18.9 Å². The van der Waals surface area contributed by atoms with Crippen LogP contribution in [0.15, 0.2) is 36.4 Å². The van der Waals surface area contributed by atoms with Crippen molar-refractivity contribution in [2.45, 2.75) is 33.6 Å². The van der Waals surface area contributed by atoms with E-state index in [1.807, 2.05) is 0 Å². The Morgan fingerprint density at radius 2 is 1.26 bits per heavy atom. The molecule has 0 aliphatic heterocycles. The quantitative estimate of drug-likeness (QED) is 0.418. The van der Waals surface area contributed by atoms with E-state index in [1.54, 1.807) is 14.2 Å². The van der Waals surface area contributed by atoms with Crippen molar-refractivity contribution in [3.63, 3.8) is 0 Å². The van der Waals surface area contributed by atoms with Crippen molar-refractivity contribution in [3.8, 4) is 11.5 Å². The minimum Gasteiger partial charge on any atom is -0.467 e. The molecule has 0 fully saturated rings. The van der Waals surface area contributed by atoms with Gasteiger partial charge in [-0.3, -0.25) is 0 Å². The summed E-state index contributed by atoms with van der Waals surface area (Å²) in [5.41, 5.74) is 2.25. The second kappa shape index (κ2) is 11.3. The molecule has 5 heteroatoms. The van der Waals surface area contributed by atoms with E-state index in [9.17, 15) is 0 Å². The molecule has 0 unspecified atom stereocenters. The van der Waals surface area contributed by atoms with Crippen LogP contribution in [0.3, 0.4) is 0 Å². The van der Waals surface area contributed by atoms with Crippen molar-refractivity contribution in [2.24, 2.45) is 0 Å². The van der Waals surface area contributed by atoms with Crippen molar-refractivity contribution in [3.05, 3.63) is 47.5 Å². The smallest absolute Gasteiger partial charge is 0.188 e. The Bertz CT molecular complexity index is 660. The zero-order chi connectivity index (χ0) is 19.6. The Hall–Kier alpha value is -1.61. The molecular weight excluding hydrogens is 359 g/mol. The first-order valence-electron chi connectivity index (χ1n) is 9.34. The van der Waals surface area contributed by atoms with Gasteiger partial charge in [0, 0.05) is 24.8 Å². The van der Waals surface area contributed by atoms with Gasteiger partial charge in [0.25, 0.3) is 0 Å². The van der Waals surface area contributed by atoms with Gasteiger partial charge in [-0.05, 0) is 45.5 Å². The third-order valence-corrected chi connectivity index (χ3v) is 6.97. The summed E-state index contributed by atoms with van der Waals surface area (Å²) in [6.07, 6.45) is 3.39. The molecule has 0 radical (unpaired) electrons. The van der Waals surface area contributed by atoms with Crippen LogP contribution in [0.4, 0.5) is 0 Å². The number of rotatable bonds is 11. The fourth-order valence-electron chi connectivity index (χ4n) is 3.00. The predicted molar refractivity (Wildman–Crippen MR) is 113 cm³/mol. The van der Waals surface area contributed by atoms with Gasteiger partial charge < -0.3 is 18.9 Å². The summed E-state index contributed by atoms with van der Waals surface area (Å²) in [6, 6.07) is 12.7. The highest BCUT2D eigenvalue weighted by Crippen LogP contribution is 2.42. The van der Waals surface area contributed by atoms with Gasteiger partial charge in [-0.15, -0.1) is 0 Å². The van der Waals surface area contributed by atoms with Gasteiger partial charge in [0.2, 0.25) is 0 Å². The highest BCUT2D eigenvalue weighted by molar-refractivity contribution is 7.73. The fourth-order valence-corrected chi connectivity index (χ4v) is 5.88. The van der Waals surface area contributed by atoms with Crippen LogP contribution >= 0.6 is 7.92 Å². The van der Waals surface area contributed by atoms with Crippen molar-refractivity contribution in [1.29, 1.82) is 0 Å². The average Bonchev–Trinajstić information content (AvgIpc) is 2.67. The van der Waals surface area contributed by atoms with Gasteiger partial charge >= 0.3 is 0 Å². The topological polar surface area (TPSA) is 36.9 Å². The lowest BCUT2D eigenvalue weighted by molar-refractivity contribution is 0.0514. The monoisotopic (exact) mass is 390 g/mol. The van der Waals surface area contributed by atoms with Crippen LogP contribution in [0.25, 0.3) is 0 Å². The van der Waals surface area contributed by atoms with Crippen molar-refractivity contribution in [1.82, 2.24) is 0 Å². The van der Waals surface area contributed by atoms with E-state index in [2.05, 4.69) is 57.2 Å². The summed E-state index contributed by atoms with van der Waals surface area (Å²) >= 11 is 0. The third kappa shape index (κ3) is 5.68. The van der Waals surface area contributed by atoms with Gasteiger partial charge in [-0.2, -0.15) is 0 Å². The molecule has 0 saturated heterocycles. The van der Waals surface area contributed by atoms with Gasteiger partial charge in [0.1, 0.15) is 11.5 Å². The van der Waals surface area contributed by atoms with Gasteiger partial charge in [0.05, 0.1) is 0 Å².